The molecule has 0 unspecified atom stereocenters. The van der Waals surface area contributed by atoms with Crippen LogP contribution in [0.4, 0.5) is 5.69 Å². The zero-order valence-electron chi connectivity index (χ0n) is 20.9. The number of methoxy groups -OCH3 is 1. The fourth-order valence-corrected chi connectivity index (χ4v) is 4.72. The molecule has 9 nitrogen and oxygen atoms in total. The lowest BCUT2D eigenvalue weighted by Crippen LogP contribution is -2.49. The molecule has 1 aliphatic rings. The first-order valence-corrected chi connectivity index (χ1v) is 13.4. The van der Waals surface area contributed by atoms with Crippen molar-refractivity contribution in [1.82, 2.24) is 9.80 Å². The second kappa shape index (κ2) is 11.3. The van der Waals surface area contributed by atoms with E-state index in [1.165, 1.54) is 0 Å². The van der Waals surface area contributed by atoms with Gasteiger partial charge in [-0.1, -0.05) is 25.1 Å². The molecule has 1 heterocycles. The number of hydrogen-bond acceptors (Lipinski definition) is 7. The van der Waals surface area contributed by atoms with Gasteiger partial charge in [-0.3, -0.25) is 14.4 Å². The van der Waals surface area contributed by atoms with E-state index in [2.05, 4.69) is 9.62 Å². The molecule has 0 saturated heterocycles. The number of hydrogen-bond donors (Lipinski definition) is 2. The van der Waals surface area contributed by atoms with Crippen molar-refractivity contribution in [2.45, 2.75) is 32.5 Å². The first kappa shape index (κ1) is 26.8. The molecule has 0 bridgehead atoms. The average molecular weight is 506 g/mol. The van der Waals surface area contributed by atoms with E-state index in [4.69, 9.17) is 9.47 Å². The molecule has 3 rings (SSSR count). The highest BCUT2D eigenvalue weighted by atomic mass is 32.2. The maximum absolute atomic E-state index is 13.4. The van der Waals surface area contributed by atoms with E-state index in [0.717, 1.165) is 17.6 Å². The third-order valence-corrected chi connectivity index (χ3v) is 6.68. The van der Waals surface area contributed by atoms with Gasteiger partial charge in [-0.05, 0) is 43.8 Å². The maximum atomic E-state index is 13.4. The number of aliphatic hydroxyl groups excluding tert-OH is 1. The molecule has 2 aromatic carbocycles. The number of carbonyl (C=O) groups excluding carboxylic acids is 1. The molecule has 1 aliphatic heterocycles. The number of nitrogens with one attached hydrogen (secondary N) is 1. The molecular formula is C25H35N3O6S. The van der Waals surface area contributed by atoms with Crippen molar-refractivity contribution in [3.8, 4) is 11.5 Å². The monoisotopic (exact) mass is 505 g/mol. The van der Waals surface area contributed by atoms with E-state index >= 15 is 0 Å². The lowest BCUT2D eigenvalue weighted by atomic mass is 9.99. The molecule has 3 atom stereocenters. The summed E-state index contributed by atoms with van der Waals surface area (Å²) in [7, 11) is 0.0161. The van der Waals surface area contributed by atoms with Crippen LogP contribution in [-0.2, 0) is 16.6 Å². The second-order valence-corrected chi connectivity index (χ2v) is 11.0. The Kier molecular flexibility index (Phi) is 8.63. The van der Waals surface area contributed by atoms with Crippen LogP contribution in [0.15, 0.2) is 42.5 Å². The van der Waals surface area contributed by atoms with Crippen LogP contribution >= 0.6 is 0 Å². The Balaban J connectivity index is 1.94. The first-order valence-electron chi connectivity index (χ1n) is 11.5. The van der Waals surface area contributed by atoms with Gasteiger partial charge in [0, 0.05) is 25.6 Å². The van der Waals surface area contributed by atoms with Crippen LogP contribution in [0.3, 0.4) is 0 Å². The molecule has 0 radical (unpaired) electrons. The number of para-hydroxylation sites is 1. The van der Waals surface area contributed by atoms with Crippen LogP contribution in [0.1, 0.15) is 29.8 Å². The van der Waals surface area contributed by atoms with Crippen molar-refractivity contribution in [2.75, 3.05) is 44.8 Å². The SMILES string of the molecule is COc1ccc(CN(C)C[C@H]2Oc3c(NS(C)(=O)=O)cccc3C(=O)N([C@@H](C)CO)C[C@@H]2C)cc1. The number of likely N-dealkylation sites (N-methyl/N-ethyl adjacent to an activating group) is 1. The smallest absolute Gasteiger partial charge is 0.258 e. The summed E-state index contributed by atoms with van der Waals surface area (Å²) in [6, 6.07) is 12.3. The molecule has 0 spiro atoms. The van der Waals surface area contributed by atoms with E-state index < -0.39 is 16.1 Å². The predicted molar refractivity (Wildman–Crippen MR) is 135 cm³/mol. The first-order chi connectivity index (χ1) is 16.5. The summed E-state index contributed by atoms with van der Waals surface area (Å²) in [5.74, 6) is 0.590. The third kappa shape index (κ3) is 6.87. The number of amides is 1. The van der Waals surface area contributed by atoms with Gasteiger partial charge in [0.15, 0.2) is 5.75 Å². The molecular weight excluding hydrogens is 470 g/mol. The standard InChI is InChI=1S/C25H35N3O6S/c1-17-13-28(18(2)16-29)25(30)21-7-6-8-22(26-35(5,31)32)24(21)34-23(17)15-27(3)14-19-9-11-20(33-4)12-10-19/h6-12,17-18,23,26,29H,13-16H2,1-5H3/t17-,18-,23+/m0/s1. The maximum Gasteiger partial charge on any atom is 0.258 e. The largest absolute Gasteiger partial charge is 0.497 e. The zero-order valence-corrected chi connectivity index (χ0v) is 21.7. The Morgan fingerprint density at radius 1 is 1.26 bits per heavy atom. The number of sulfonamides is 1. The van der Waals surface area contributed by atoms with Gasteiger partial charge in [-0.15, -0.1) is 0 Å². The summed E-state index contributed by atoms with van der Waals surface area (Å²) < 4.78 is 38.1. The number of benzene rings is 2. The van der Waals surface area contributed by atoms with Crippen molar-refractivity contribution < 1.29 is 27.8 Å². The number of rotatable bonds is 9. The predicted octanol–water partition coefficient (Wildman–Crippen LogP) is 2.42. The third-order valence-electron chi connectivity index (χ3n) is 6.09. The quantitative estimate of drug-likeness (QED) is 0.539. The molecule has 0 aromatic heterocycles. The highest BCUT2D eigenvalue weighted by Crippen LogP contribution is 2.35. The number of fused-ring (bicyclic) bond motifs is 1. The van der Waals surface area contributed by atoms with Crippen molar-refractivity contribution in [1.29, 1.82) is 0 Å². The number of ether oxygens (including phenoxy) is 2. The fraction of sp³-hybridized carbons (Fsp3) is 0.480. The highest BCUT2D eigenvalue weighted by Gasteiger charge is 2.34. The number of carbonyl (C=O) groups is 1. The minimum Gasteiger partial charge on any atom is -0.497 e. The van der Waals surface area contributed by atoms with Crippen LogP contribution in [0.2, 0.25) is 0 Å². The number of aliphatic hydroxyl groups is 1. The van der Waals surface area contributed by atoms with Gasteiger partial charge in [0.1, 0.15) is 11.9 Å². The highest BCUT2D eigenvalue weighted by molar-refractivity contribution is 7.92. The number of anilines is 1. The topological polar surface area (TPSA) is 108 Å². The van der Waals surface area contributed by atoms with E-state index in [9.17, 15) is 18.3 Å². The van der Waals surface area contributed by atoms with Gasteiger partial charge < -0.3 is 19.5 Å². The van der Waals surface area contributed by atoms with Crippen LogP contribution in [0, 0.1) is 5.92 Å². The Labute approximate surface area is 207 Å². The molecule has 2 N–H and O–H groups in total. The molecule has 10 heteroatoms. The molecule has 0 fully saturated rings. The van der Waals surface area contributed by atoms with Gasteiger partial charge in [0.05, 0.1) is 37.3 Å². The van der Waals surface area contributed by atoms with Crippen molar-refractivity contribution in [2.24, 2.45) is 5.92 Å². The van der Waals surface area contributed by atoms with Crippen molar-refractivity contribution >= 4 is 21.6 Å². The van der Waals surface area contributed by atoms with Crippen LogP contribution in [0.25, 0.3) is 0 Å². The Morgan fingerprint density at radius 3 is 2.54 bits per heavy atom. The van der Waals surface area contributed by atoms with Crippen LogP contribution in [-0.4, -0.2) is 81.5 Å². The van der Waals surface area contributed by atoms with E-state index in [-0.39, 0.29) is 41.5 Å². The van der Waals surface area contributed by atoms with Gasteiger partial charge in [0.2, 0.25) is 10.0 Å². The molecule has 192 valence electrons. The van der Waals surface area contributed by atoms with E-state index in [1.54, 1.807) is 37.1 Å². The summed E-state index contributed by atoms with van der Waals surface area (Å²) in [5.41, 5.74) is 1.58. The Morgan fingerprint density at radius 2 is 1.94 bits per heavy atom. The molecule has 35 heavy (non-hydrogen) atoms. The van der Waals surface area contributed by atoms with Gasteiger partial charge >= 0.3 is 0 Å². The average Bonchev–Trinajstić information content (AvgIpc) is 2.80. The summed E-state index contributed by atoms with van der Waals surface area (Å²) in [6.45, 7) is 5.20. The summed E-state index contributed by atoms with van der Waals surface area (Å²) >= 11 is 0. The normalized spacial score (nSPS) is 19.4. The number of nitrogens with zero attached hydrogens (tertiary/aromatic N) is 2. The zero-order chi connectivity index (χ0) is 25.8. The Bertz CT molecular complexity index is 1120. The van der Waals surface area contributed by atoms with E-state index in [0.29, 0.717) is 19.6 Å². The van der Waals surface area contributed by atoms with Gasteiger partial charge in [-0.25, -0.2) is 8.42 Å². The summed E-state index contributed by atoms with van der Waals surface area (Å²) in [6.07, 6.45) is 0.709. The fourth-order valence-electron chi connectivity index (χ4n) is 4.16. The van der Waals surface area contributed by atoms with Crippen LogP contribution < -0.4 is 14.2 Å². The summed E-state index contributed by atoms with van der Waals surface area (Å²) in [5, 5.41) is 9.79. The Hall–Kier alpha value is -2.82. The van der Waals surface area contributed by atoms with Gasteiger partial charge in [0.25, 0.3) is 5.91 Å². The van der Waals surface area contributed by atoms with Crippen molar-refractivity contribution in [3.63, 3.8) is 0 Å². The van der Waals surface area contributed by atoms with E-state index in [1.807, 2.05) is 38.2 Å². The molecule has 0 aliphatic carbocycles. The lowest BCUT2D eigenvalue weighted by molar-refractivity contribution is 0.0344. The minimum atomic E-state index is -3.60. The summed E-state index contributed by atoms with van der Waals surface area (Å²) in [4.78, 5) is 17.2. The minimum absolute atomic E-state index is 0.0919. The van der Waals surface area contributed by atoms with Crippen LogP contribution in [0.5, 0.6) is 11.5 Å². The van der Waals surface area contributed by atoms with Gasteiger partial charge in [-0.2, -0.15) is 0 Å². The van der Waals surface area contributed by atoms with Crippen molar-refractivity contribution in [3.05, 3.63) is 53.6 Å². The lowest BCUT2D eigenvalue weighted by Gasteiger charge is -2.38. The molecule has 0 saturated carbocycles. The second-order valence-electron chi connectivity index (χ2n) is 9.22. The molecule has 2 aromatic rings. The molecule has 1 amide bonds.